The SMILES string of the molecule is CC(C)(C)c1c(CP(C2CCNC2)C2CCNC2)c(CP)cc(-c2ccccc2)c1-c1ccccc1. The molecule has 2 nitrogen and oxygen atoms in total. The van der Waals surface area contributed by atoms with Crippen molar-refractivity contribution >= 4 is 17.2 Å². The van der Waals surface area contributed by atoms with E-state index in [-0.39, 0.29) is 13.3 Å². The molecule has 36 heavy (non-hydrogen) atoms. The lowest BCUT2D eigenvalue weighted by atomic mass is 9.75. The molecule has 2 saturated heterocycles. The molecule has 190 valence electrons. The highest BCUT2D eigenvalue weighted by molar-refractivity contribution is 7.58. The van der Waals surface area contributed by atoms with E-state index < -0.39 is 0 Å². The van der Waals surface area contributed by atoms with Crippen LogP contribution >= 0.6 is 17.2 Å². The Balaban J connectivity index is 1.75. The molecule has 0 amide bonds. The van der Waals surface area contributed by atoms with Crippen molar-refractivity contribution in [3.8, 4) is 22.3 Å². The standard InChI is InChI=1S/C32H42N2P2/c1-32(2,3)31-29(22-36(26-14-16-33-19-26)27-15-17-34-20-27)25(21-35)18-28(23-10-6-4-7-11-23)30(31)24-12-8-5-9-13-24/h4-13,18,26-27,33-34H,14-17,19-22,35H2,1-3H3. The van der Waals surface area contributed by atoms with Crippen LogP contribution in [0.3, 0.4) is 0 Å². The van der Waals surface area contributed by atoms with E-state index in [1.54, 1.807) is 11.1 Å². The molecule has 0 aromatic heterocycles. The fourth-order valence-corrected chi connectivity index (χ4v) is 10.2. The molecule has 3 aromatic rings. The Morgan fingerprint density at radius 2 is 1.39 bits per heavy atom. The predicted octanol–water partition coefficient (Wildman–Crippen LogP) is 7.40. The van der Waals surface area contributed by atoms with E-state index in [2.05, 4.69) is 107 Å². The summed E-state index contributed by atoms with van der Waals surface area (Å²) in [6.07, 6.45) is 4.94. The first-order chi connectivity index (χ1) is 17.5. The largest absolute Gasteiger partial charge is 0.316 e. The fourth-order valence-electron chi connectivity index (χ4n) is 6.30. The molecule has 0 saturated carbocycles. The van der Waals surface area contributed by atoms with Gasteiger partial charge in [0.15, 0.2) is 0 Å². The van der Waals surface area contributed by atoms with E-state index >= 15 is 0 Å². The van der Waals surface area contributed by atoms with Gasteiger partial charge >= 0.3 is 0 Å². The lowest BCUT2D eigenvalue weighted by molar-refractivity contribution is 0.586. The second-order valence-corrected chi connectivity index (χ2v) is 14.7. The molecule has 0 radical (unpaired) electrons. The van der Waals surface area contributed by atoms with Crippen molar-refractivity contribution in [2.24, 2.45) is 0 Å². The topological polar surface area (TPSA) is 24.1 Å². The highest BCUT2D eigenvalue weighted by Crippen LogP contribution is 2.56. The third-order valence-electron chi connectivity index (χ3n) is 7.99. The summed E-state index contributed by atoms with van der Waals surface area (Å²) in [6.45, 7) is 12.1. The van der Waals surface area contributed by atoms with E-state index in [0.717, 1.165) is 17.5 Å². The summed E-state index contributed by atoms with van der Waals surface area (Å²) < 4.78 is 0. The van der Waals surface area contributed by atoms with Crippen molar-refractivity contribution in [1.29, 1.82) is 0 Å². The van der Waals surface area contributed by atoms with Crippen molar-refractivity contribution in [2.45, 2.75) is 62.7 Å². The summed E-state index contributed by atoms with van der Waals surface area (Å²) in [6, 6.07) is 24.7. The molecule has 0 bridgehead atoms. The molecule has 3 aromatic carbocycles. The van der Waals surface area contributed by atoms with Gasteiger partial charge in [0.05, 0.1) is 0 Å². The minimum absolute atomic E-state index is 0.0444. The molecule has 5 rings (SSSR count). The van der Waals surface area contributed by atoms with Gasteiger partial charge in [0.2, 0.25) is 0 Å². The van der Waals surface area contributed by atoms with E-state index in [9.17, 15) is 0 Å². The summed E-state index contributed by atoms with van der Waals surface area (Å²) in [7, 11) is 2.96. The molecule has 2 heterocycles. The van der Waals surface area contributed by atoms with Gasteiger partial charge in [0.25, 0.3) is 0 Å². The predicted molar refractivity (Wildman–Crippen MR) is 163 cm³/mol. The smallest absolute Gasteiger partial charge is 0.00196 e. The molecule has 2 aliphatic heterocycles. The first kappa shape index (κ1) is 26.1. The molecule has 2 N–H and O–H groups in total. The molecule has 0 aliphatic carbocycles. The highest BCUT2D eigenvalue weighted by Gasteiger charge is 2.35. The van der Waals surface area contributed by atoms with Gasteiger partial charge in [-0.3, -0.25) is 0 Å². The zero-order valence-electron chi connectivity index (χ0n) is 22.2. The van der Waals surface area contributed by atoms with Crippen LogP contribution in [0.15, 0.2) is 66.7 Å². The van der Waals surface area contributed by atoms with Gasteiger partial charge in [0.1, 0.15) is 0 Å². The van der Waals surface area contributed by atoms with Crippen LogP contribution in [-0.2, 0) is 17.7 Å². The molecule has 2 fully saturated rings. The molecule has 0 spiro atoms. The van der Waals surface area contributed by atoms with E-state index in [4.69, 9.17) is 0 Å². The maximum Gasteiger partial charge on any atom is 0.00196 e. The van der Waals surface area contributed by atoms with Gasteiger partial charge in [-0.15, -0.1) is 9.24 Å². The van der Waals surface area contributed by atoms with Gasteiger partial charge in [-0.2, -0.15) is 0 Å². The Kier molecular flexibility index (Phi) is 8.29. The molecular weight excluding hydrogens is 474 g/mol. The minimum Gasteiger partial charge on any atom is -0.316 e. The molecule has 4 heteroatoms. The van der Waals surface area contributed by atoms with Crippen LogP contribution in [0.2, 0.25) is 0 Å². The van der Waals surface area contributed by atoms with E-state index in [0.29, 0.717) is 0 Å². The molecular formula is C32H42N2P2. The van der Waals surface area contributed by atoms with E-state index in [1.165, 1.54) is 73.0 Å². The van der Waals surface area contributed by atoms with Crippen molar-refractivity contribution in [3.05, 3.63) is 83.4 Å². The van der Waals surface area contributed by atoms with Crippen LogP contribution in [0.25, 0.3) is 22.3 Å². The first-order valence-electron chi connectivity index (χ1n) is 13.6. The number of hydrogen-bond donors (Lipinski definition) is 2. The summed E-state index contributed by atoms with van der Waals surface area (Å²) in [5.41, 5.74) is 11.9. The van der Waals surface area contributed by atoms with Crippen LogP contribution in [0, 0.1) is 0 Å². The van der Waals surface area contributed by atoms with Crippen molar-refractivity contribution < 1.29 is 0 Å². The number of hydrogen-bond acceptors (Lipinski definition) is 2. The number of benzene rings is 3. The maximum absolute atomic E-state index is 3.70. The second kappa shape index (κ2) is 11.4. The maximum atomic E-state index is 3.70. The van der Waals surface area contributed by atoms with Gasteiger partial charge in [-0.1, -0.05) is 89.4 Å². The Morgan fingerprint density at radius 1 is 0.833 bits per heavy atom. The fraction of sp³-hybridized carbons (Fsp3) is 0.438. The lowest BCUT2D eigenvalue weighted by Gasteiger charge is -2.35. The molecule has 2 aliphatic rings. The zero-order chi connectivity index (χ0) is 25.1. The highest BCUT2D eigenvalue weighted by atomic mass is 31.1. The normalized spacial score (nSPS) is 21.1. The monoisotopic (exact) mass is 516 g/mol. The average molecular weight is 517 g/mol. The Hall–Kier alpha value is -1.56. The Morgan fingerprint density at radius 3 is 1.86 bits per heavy atom. The molecule has 3 atom stereocenters. The summed E-state index contributed by atoms with van der Waals surface area (Å²) in [5, 5.41) is 7.39. The second-order valence-electron chi connectivity index (χ2n) is 11.5. The van der Waals surface area contributed by atoms with E-state index in [1.807, 2.05) is 0 Å². The van der Waals surface area contributed by atoms with Gasteiger partial charge in [0, 0.05) is 13.1 Å². The number of nitrogens with one attached hydrogen (secondary N) is 2. The Bertz CT molecular complexity index is 1130. The van der Waals surface area contributed by atoms with Crippen LogP contribution in [0.1, 0.15) is 50.3 Å². The summed E-state index contributed by atoms with van der Waals surface area (Å²) >= 11 is 0. The van der Waals surface area contributed by atoms with Crippen molar-refractivity contribution in [3.63, 3.8) is 0 Å². The van der Waals surface area contributed by atoms with Crippen LogP contribution in [-0.4, -0.2) is 37.5 Å². The average Bonchev–Trinajstić information content (AvgIpc) is 3.62. The van der Waals surface area contributed by atoms with Gasteiger partial charge in [-0.25, -0.2) is 0 Å². The van der Waals surface area contributed by atoms with Gasteiger partial charge in [-0.05, 0) is 100.0 Å². The quantitative estimate of drug-likeness (QED) is 0.320. The summed E-state index contributed by atoms with van der Waals surface area (Å²) in [5.74, 6) is 0. The number of rotatable bonds is 7. The first-order valence-corrected chi connectivity index (χ1v) is 16.1. The lowest BCUT2D eigenvalue weighted by Crippen LogP contribution is -2.24. The third kappa shape index (κ3) is 5.49. The van der Waals surface area contributed by atoms with Crippen molar-refractivity contribution in [1.82, 2.24) is 10.6 Å². The molecule has 3 unspecified atom stereocenters. The minimum atomic E-state index is -0.104. The van der Waals surface area contributed by atoms with Crippen LogP contribution in [0.4, 0.5) is 0 Å². The zero-order valence-corrected chi connectivity index (χ0v) is 24.2. The van der Waals surface area contributed by atoms with Crippen molar-refractivity contribution in [2.75, 3.05) is 26.2 Å². The Labute approximate surface area is 222 Å². The van der Waals surface area contributed by atoms with Crippen LogP contribution in [0.5, 0.6) is 0 Å². The summed E-state index contributed by atoms with van der Waals surface area (Å²) in [4.78, 5) is 0. The van der Waals surface area contributed by atoms with Crippen LogP contribution < -0.4 is 10.6 Å². The third-order valence-corrected chi connectivity index (χ3v) is 11.9. The van der Waals surface area contributed by atoms with Gasteiger partial charge < -0.3 is 10.6 Å².